The Balaban J connectivity index is 1.54. The molecule has 3 nitrogen and oxygen atoms in total. The summed E-state index contributed by atoms with van der Waals surface area (Å²) < 4.78 is 7.35. The van der Waals surface area contributed by atoms with Crippen molar-refractivity contribution in [3.8, 4) is 0 Å². The van der Waals surface area contributed by atoms with Crippen LogP contribution < -0.4 is 5.32 Å². The highest BCUT2D eigenvalue weighted by atomic mass is 32.1. The molecule has 0 radical (unpaired) electrons. The van der Waals surface area contributed by atoms with Crippen molar-refractivity contribution in [1.82, 2.24) is 10.3 Å². The van der Waals surface area contributed by atoms with Gasteiger partial charge in [0.15, 0.2) is 0 Å². The van der Waals surface area contributed by atoms with Crippen LogP contribution in [0.1, 0.15) is 31.2 Å². The molecule has 0 aliphatic carbocycles. The van der Waals surface area contributed by atoms with Gasteiger partial charge in [-0.2, -0.15) is 0 Å². The Bertz CT molecular complexity index is 593. The number of likely N-dealkylation sites (N-methyl/N-ethyl adjacent to an activating group) is 1. The zero-order valence-electron chi connectivity index (χ0n) is 12.4. The first kappa shape index (κ1) is 13.7. The van der Waals surface area contributed by atoms with Gasteiger partial charge in [-0.15, -0.1) is 11.3 Å². The summed E-state index contributed by atoms with van der Waals surface area (Å²) in [6.45, 7) is 3.21. The maximum absolute atomic E-state index is 6.05. The molecule has 112 valence electrons. The number of nitrogens with one attached hydrogen (secondary N) is 1. The first-order chi connectivity index (χ1) is 10.3. The van der Waals surface area contributed by atoms with Crippen LogP contribution in [0, 0.1) is 5.92 Å². The van der Waals surface area contributed by atoms with Crippen LogP contribution in [0.15, 0.2) is 24.3 Å². The molecule has 4 unspecified atom stereocenters. The number of rotatable bonds is 5. The lowest BCUT2D eigenvalue weighted by Crippen LogP contribution is -2.42. The highest BCUT2D eigenvalue weighted by molar-refractivity contribution is 7.18. The number of hydrogen-bond donors (Lipinski definition) is 1. The van der Waals surface area contributed by atoms with Crippen molar-refractivity contribution in [1.29, 1.82) is 0 Å². The number of hydrogen-bond acceptors (Lipinski definition) is 4. The smallest absolute Gasteiger partial charge is 0.0954 e. The van der Waals surface area contributed by atoms with Crippen molar-refractivity contribution in [2.75, 3.05) is 6.54 Å². The SMILES string of the molecule is CCNC(Cc1nc2ccccc2s1)C1CC2CCC1O2. The molecule has 2 bridgehead atoms. The van der Waals surface area contributed by atoms with E-state index in [1.807, 2.05) is 11.3 Å². The van der Waals surface area contributed by atoms with Gasteiger partial charge in [-0.3, -0.25) is 0 Å². The summed E-state index contributed by atoms with van der Waals surface area (Å²) in [5, 5.41) is 4.94. The monoisotopic (exact) mass is 302 g/mol. The van der Waals surface area contributed by atoms with E-state index in [9.17, 15) is 0 Å². The van der Waals surface area contributed by atoms with Crippen molar-refractivity contribution in [2.24, 2.45) is 5.92 Å². The molecule has 2 aromatic rings. The van der Waals surface area contributed by atoms with Crippen LogP contribution in [0.25, 0.3) is 10.2 Å². The quantitative estimate of drug-likeness (QED) is 0.919. The maximum Gasteiger partial charge on any atom is 0.0954 e. The topological polar surface area (TPSA) is 34.2 Å². The van der Waals surface area contributed by atoms with Crippen molar-refractivity contribution >= 4 is 21.6 Å². The van der Waals surface area contributed by atoms with E-state index in [1.165, 1.54) is 29.0 Å². The zero-order chi connectivity index (χ0) is 14.2. The fraction of sp³-hybridized carbons (Fsp3) is 0.588. The van der Waals surface area contributed by atoms with Gasteiger partial charge in [0, 0.05) is 18.4 Å². The summed E-state index contributed by atoms with van der Waals surface area (Å²) in [7, 11) is 0. The summed E-state index contributed by atoms with van der Waals surface area (Å²) in [6, 6.07) is 8.94. The van der Waals surface area contributed by atoms with E-state index in [0.29, 0.717) is 24.2 Å². The summed E-state index contributed by atoms with van der Waals surface area (Å²) in [6.07, 6.45) is 5.78. The molecule has 1 aromatic heterocycles. The number of aromatic nitrogens is 1. The van der Waals surface area contributed by atoms with E-state index in [-0.39, 0.29) is 0 Å². The molecule has 21 heavy (non-hydrogen) atoms. The zero-order valence-corrected chi connectivity index (χ0v) is 13.2. The van der Waals surface area contributed by atoms with Gasteiger partial charge in [-0.1, -0.05) is 19.1 Å². The lowest BCUT2D eigenvalue weighted by Gasteiger charge is -2.28. The maximum atomic E-state index is 6.05. The molecule has 0 amide bonds. The minimum Gasteiger partial charge on any atom is -0.375 e. The Hall–Kier alpha value is -0.970. The molecular formula is C17H22N2OS. The van der Waals surface area contributed by atoms with Crippen LogP contribution in [0.2, 0.25) is 0 Å². The fourth-order valence-corrected chi connectivity index (χ4v) is 4.96. The standard InChI is InChI=1S/C17H22N2OS/c1-2-18-14(12-9-11-7-8-15(12)20-11)10-17-19-13-5-3-4-6-16(13)21-17/h3-6,11-12,14-15,18H,2,7-10H2,1H3. The highest BCUT2D eigenvalue weighted by Gasteiger charge is 2.44. The predicted molar refractivity (Wildman–Crippen MR) is 86.8 cm³/mol. The summed E-state index contributed by atoms with van der Waals surface area (Å²) in [5.74, 6) is 0.663. The number of fused-ring (bicyclic) bond motifs is 3. The number of nitrogens with zero attached hydrogens (tertiary/aromatic N) is 1. The van der Waals surface area contributed by atoms with Gasteiger partial charge in [0.1, 0.15) is 0 Å². The van der Waals surface area contributed by atoms with E-state index in [0.717, 1.165) is 18.5 Å². The van der Waals surface area contributed by atoms with Crippen LogP contribution in [-0.2, 0) is 11.2 Å². The third kappa shape index (κ3) is 2.60. The lowest BCUT2D eigenvalue weighted by atomic mass is 9.82. The van der Waals surface area contributed by atoms with Gasteiger partial charge < -0.3 is 10.1 Å². The minimum atomic E-state index is 0.480. The molecule has 3 heterocycles. The summed E-state index contributed by atoms with van der Waals surface area (Å²) in [4.78, 5) is 4.81. The highest BCUT2D eigenvalue weighted by Crippen LogP contribution is 2.41. The second kappa shape index (κ2) is 5.67. The number of para-hydroxylation sites is 1. The van der Waals surface area contributed by atoms with Crippen molar-refractivity contribution in [3.63, 3.8) is 0 Å². The molecule has 1 N–H and O–H groups in total. The molecule has 4 atom stereocenters. The first-order valence-corrected chi connectivity index (χ1v) is 8.88. The van der Waals surface area contributed by atoms with Crippen molar-refractivity contribution in [2.45, 2.75) is 50.9 Å². The molecule has 4 heteroatoms. The molecule has 2 saturated heterocycles. The van der Waals surface area contributed by atoms with Gasteiger partial charge in [-0.05, 0) is 37.9 Å². The Morgan fingerprint density at radius 1 is 1.38 bits per heavy atom. The number of benzene rings is 1. The Morgan fingerprint density at radius 2 is 2.29 bits per heavy atom. The Morgan fingerprint density at radius 3 is 3.00 bits per heavy atom. The second-order valence-electron chi connectivity index (χ2n) is 6.22. The first-order valence-electron chi connectivity index (χ1n) is 8.07. The van der Waals surface area contributed by atoms with Crippen LogP contribution >= 0.6 is 11.3 Å². The molecule has 1 aromatic carbocycles. The molecule has 2 aliphatic rings. The van der Waals surface area contributed by atoms with Crippen LogP contribution in [0.4, 0.5) is 0 Å². The second-order valence-corrected chi connectivity index (χ2v) is 7.33. The van der Waals surface area contributed by atoms with E-state index in [2.05, 4.69) is 36.5 Å². The van der Waals surface area contributed by atoms with Crippen molar-refractivity contribution in [3.05, 3.63) is 29.3 Å². The van der Waals surface area contributed by atoms with E-state index in [1.54, 1.807) is 0 Å². The van der Waals surface area contributed by atoms with Gasteiger partial charge in [0.2, 0.25) is 0 Å². The normalized spacial score (nSPS) is 29.3. The average molecular weight is 302 g/mol. The fourth-order valence-electron chi connectivity index (χ4n) is 3.93. The Kier molecular flexibility index (Phi) is 3.69. The van der Waals surface area contributed by atoms with Gasteiger partial charge in [0.05, 0.1) is 27.4 Å². The summed E-state index contributed by atoms with van der Waals surface area (Å²) >= 11 is 1.84. The van der Waals surface area contributed by atoms with Gasteiger partial charge >= 0.3 is 0 Å². The van der Waals surface area contributed by atoms with Crippen molar-refractivity contribution < 1.29 is 4.74 Å². The molecule has 2 aliphatic heterocycles. The van der Waals surface area contributed by atoms with Gasteiger partial charge in [-0.25, -0.2) is 4.98 Å². The molecule has 0 spiro atoms. The predicted octanol–water partition coefficient (Wildman–Crippen LogP) is 3.38. The van der Waals surface area contributed by atoms with Crippen LogP contribution in [-0.4, -0.2) is 29.8 Å². The third-order valence-electron chi connectivity index (χ3n) is 4.87. The van der Waals surface area contributed by atoms with E-state index in [4.69, 9.17) is 9.72 Å². The average Bonchev–Trinajstić information content (AvgIpc) is 3.20. The number of thiazole rings is 1. The third-order valence-corrected chi connectivity index (χ3v) is 5.93. The minimum absolute atomic E-state index is 0.480. The van der Waals surface area contributed by atoms with Crippen LogP contribution in [0.3, 0.4) is 0 Å². The van der Waals surface area contributed by atoms with E-state index >= 15 is 0 Å². The largest absolute Gasteiger partial charge is 0.375 e. The molecule has 4 rings (SSSR count). The van der Waals surface area contributed by atoms with E-state index < -0.39 is 0 Å². The molecule has 2 fully saturated rings. The molecular weight excluding hydrogens is 280 g/mol. The molecule has 0 saturated carbocycles. The Labute approximate surface area is 129 Å². The lowest BCUT2D eigenvalue weighted by molar-refractivity contribution is 0.0858. The van der Waals surface area contributed by atoms with Crippen LogP contribution in [0.5, 0.6) is 0 Å². The summed E-state index contributed by atoms with van der Waals surface area (Å²) in [5.41, 5.74) is 1.14. The van der Waals surface area contributed by atoms with Gasteiger partial charge in [0.25, 0.3) is 0 Å². The number of ether oxygens (including phenoxy) is 1.